The Morgan fingerprint density at radius 1 is 1.58 bits per heavy atom. The lowest BCUT2D eigenvalue weighted by atomic mass is 10.1. The molecule has 1 aromatic carbocycles. The van der Waals surface area contributed by atoms with Crippen molar-refractivity contribution in [3.05, 3.63) is 27.1 Å². The molecular weight excluding hydrogens is 274 g/mol. The summed E-state index contributed by atoms with van der Waals surface area (Å²) in [6.45, 7) is 1.21. The molecule has 0 atom stereocenters. The van der Waals surface area contributed by atoms with E-state index in [-0.39, 0.29) is 11.3 Å². The number of aromatic hydroxyl groups is 1. The fraction of sp³-hybridized carbons (Fsp3) is 0.125. The van der Waals surface area contributed by atoms with Gasteiger partial charge in [-0.15, -0.1) is 0 Å². The molecule has 0 amide bonds. The molecule has 1 rings (SSSR count). The van der Waals surface area contributed by atoms with Crippen molar-refractivity contribution in [3.8, 4) is 5.75 Å². The van der Waals surface area contributed by atoms with Gasteiger partial charge in [0.15, 0.2) is 5.78 Å². The number of halogens is 2. The smallest absolute Gasteiger partial charge is 0.166 e. The predicted molar refractivity (Wildman–Crippen MR) is 50.8 cm³/mol. The van der Waals surface area contributed by atoms with Crippen molar-refractivity contribution in [3.63, 3.8) is 0 Å². The lowest BCUT2D eigenvalue weighted by molar-refractivity contribution is 0.101. The maximum absolute atomic E-state index is 13.0. The number of carbonyl (C=O) groups excluding carboxylic acids is 1. The Hall–Kier alpha value is -0.650. The lowest BCUT2D eigenvalue weighted by Gasteiger charge is -2.02. The Labute approximate surface area is 82.5 Å². The predicted octanol–water partition coefficient (Wildman–Crippen LogP) is 2.34. The third-order valence-electron chi connectivity index (χ3n) is 1.39. The van der Waals surface area contributed by atoms with E-state index in [1.54, 1.807) is 0 Å². The Morgan fingerprint density at radius 2 is 2.17 bits per heavy atom. The van der Waals surface area contributed by atoms with Crippen molar-refractivity contribution in [2.75, 3.05) is 0 Å². The third kappa shape index (κ3) is 1.74. The van der Waals surface area contributed by atoms with Gasteiger partial charge in [0.25, 0.3) is 0 Å². The molecule has 4 heteroatoms. The summed E-state index contributed by atoms with van der Waals surface area (Å²) >= 11 is 1.86. The Balaban J connectivity index is 3.38. The van der Waals surface area contributed by atoms with Crippen LogP contribution in [-0.4, -0.2) is 10.9 Å². The molecule has 1 aromatic rings. The fourth-order valence-electron chi connectivity index (χ4n) is 0.909. The zero-order valence-corrected chi connectivity index (χ0v) is 8.42. The average Bonchev–Trinajstić information content (AvgIpc) is 1.82. The first-order valence-corrected chi connectivity index (χ1v) is 4.29. The van der Waals surface area contributed by atoms with Gasteiger partial charge in [0, 0.05) is 3.57 Å². The van der Waals surface area contributed by atoms with E-state index in [0.29, 0.717) is 3.57 Å². The second-order valence-corrected chi connectivity index (χ2v) is 3.58. The molecule has 0 aliphatic rings. The quantitative estimate of drug-likeness (QED) is 0.633. The monoisotopic (exact) mass is 280 g/mol. The lowest BCUT2D eigenvalue weighted by Crippen LogP contribution is -1.98. The Morgan fingerprint density at radius 3 is 2.58 bits per heavy atom. The SMILES string of the molecule is CC(=O)c1c(O)cc(I)cc1F. The molecule has 0 unspecified atom stereocenters. The Kier molecular flexibility index (Phi) is 2.66. The average molecular weight is 280 g/mol. The van der Waals surface area contributed by atoms with Crippen LogP contribution in [0.5, 0.6) is 5.75 Å². The van der Waals surface area contributed by atoms with Gasteiger partial charge < -0.3 is 5.11 Å². The minimum absolute atomic E-state index is 0.240. The van der Waals surface area contributed by atoms with Gasteiger partial charge in [0.05, 0.1) is 5.56 Å². The highest BCUT2D eigenvalue weighted by Crippen LogP contribution is 2.23. The molecule has 0 aliphatic heterocycles. The van der Waals surface area contributed by atoms with Crippen molar-refractivity contribution in [1.29, 1.82) is 0 Å². The highest BCUT2D eigenvalue weighted by Gasteiger charge is 2.13. The van der Waals surface area contributed by atoms with Crippen LogP contribution in [0, 0.1) is 9.39 Å². The van der Waals surface area contributed by atoms with E-state index < -0.39 is 11.6 Å². The second kappa shape index (κ2) is 3.38. The number of phenolic OH excluding ortho intramolecular Hbond substituents is 1. The maximum Gasteiger partial charge on any atom is 0.166 e. The van der Waals surface area contributed by atoms with Crippen LogP contribution in [0.4, 0.5) is 4.39 Å². The summed E-state index contributed by atoms with van der Waals surface area (Å²) < 4.78 is 13.5. The van der Waals surface area contributed by atoms with E-state index in [9.17, 15) is 14.3 Å². The van der Waals surface area contributed by atoms with Gasteiger partial charge in [-0.25, -0.2) is 4.39 Å². The number of phenols is 1. The molecule has 0 heterocycles. The zero-order chi connectivity index (χ0) is 9.30. The van der Waals surface area contributed by atoms with Crippen molar-refractivity contribution in [2.45, 2.75) is 6.92 Å². The van der Waals surface area contributed by atoms with E-state index in [2.05, 4.69) is 0 Å². The summed E-state index contributed by atoms with van der Waals surface area (Å²) in [4.78, 5) is 10.8. The van der Waals surface area contributed by atoms with Crippen LogP contribution >= 0.6 is 22.6 Å². The van der Waals surface area contributed by atoms with Crippen molar-refractivity contribution < 1.29 is 14.3 Å². The first kappa shape index (κ1) is 9.44. The van der Waals surface area contributed by atoms with Gasteiger partial charge in [-0.3, -0.25) is 4.79 Å². The molecule has 0 aromatic heterocycles. The number of hydrogen-bond donors (Lipinski definition) is 1. The van der Waals surface area contributed by atoms with Gasteiger partial charge in [-0.05, 0) is 41.6 Å². The fourth-order valence-corrected chi connectivity index (χ4v) is 1.48. The van der Waals surface area contributed by atoms with Crippen molar-refractivity contribution in [2.24, 2.45) is 0 Å². The number of benzene rings is 1. The number of ketones is 1. The molecule has 2 nitrogen and oxygen atoms in total. The van der Waals surface area contributed by atoms with Crippen molar-refractivity contribution in [1.82, 2.24) is 0 Å². The van der Waals surface area contributed by atoms with Crippen LogP contribution in [0.15, 0.2) is 12.1 Å². The summed E-state index contributed by atoms with van der Waals surface area (Å²) in [6, 6.07) is 2.55. The van der Waals surface area contributed by atoms with Crippen LogP contribution in [0.3, 0.4) is 0 Å². The Bertz CT molecular complexity index is 313. The van der Waals surface area contributed by atoms with E-state index in [1.165, 1.54) is 19.1 Å². The minimum atomic E-state index is -0.674. The summed E-state index contributed by atoms with van der Waals surface area (Å²) in [5, 5.41) is 9.18. The first-order chi connectivity index (χ1) is 5.52. The number of rotatable bonds is 1. The van der Waals surface area contributed by atoms with Gasteiger partial charge in [0.1, 0.15) is 11.6 Å². The summed E-state index contributed by atoms with van der Waals surface area (Å²) in [5.41, 5.74) is -0.240. The number of carbonyl (C=O) groups is 1. The minimum Gasteiger partial charge on any atom is -0.507 e. The highest BCUT2D eigenvalue weighted by molar-refractivity contribution is 14.1. The van der Waals surface area contributed by atoms with E-state index >= 15 is 0 Å². The van der Waals surface area contributed by atoms with Gasteiger partial charge >= 0.3 is 0 Å². The highest BCUT2D eigenvalue weighted by atomic mass is 127. The molecule has 12 heavy (non-hydrogen) atoms. The first-order valence-electron chi connectivity index (χ1n) is 3.21. The van der Waals surface area contributed by atoms with Crippen LogP contribution in [0.1, 0.15) is 17.3 Å². The molecule has 0 fully saturated rings. The van der Waals surface area contributed by atoms with Gasteiger partial charge in [0.2, 0.25) is 0 Å². The number of hydrogen-bond acceptors (Lipinski definition) is 2. The van der Waals surface area contributed by atoms with Crippen LogP contribution in [0.2, 0.25) is 0 Å². The standard InChI is InChI=1S/C8H6FIO2/c1-4(11)8-6(9)2-5(10)3-7(8)12/h2-3,12H,1H3. The molecule has 0 spiro atoms. The largest absolute Gasteiger partial charge is 0.507 e. The normalized spacial score (nSPS) is 9.92. The zero-order valence-electron chi connectivity index (χ0n) is 6.27. The maximum atomic E-state index is 13.0. The second-order valence-electron chi connectivity index (χ2n) is 2.34. The summed E-state index contributed by atoms with van der Waals surface area (Å²) in [5.74, 6) is -1.44. The van der Waals surface area contributed by atoms with Crippen LogP contribution in [0.25, 0.3) is 0 Å². The molecule has 0 bridgehead atoms. The molecule has 1 N–H and O–H groups in total. The van der Waals surface area contributed by atoms with Gasteiger partial charge in [-0.2, -0.15) is 0 Å². The summed E-state index contributed by atoms with van der Waals surface area (Å²) in [6.07, 6.45) is 0. The van der Waals surface area contributed by atoms with Crippen LogP contribution < -0.4 is 0 Å². The molecule has 0 aliphatic carbocycles. The molecular formula is C8H6FIO2. The van der Waals surface area contributed by atoms with E-state index in [0.717, 1.165) is 0 Å². The molecule has 0 saturated carbocycles. The van der Waals surface area contributed by atoms with Gasteiger partial charge in [-0.1, -0.05) is 0 Å². The number of Topliss-reactive ketones (excluding diaryl/α,β-unsaturated/α-hetero) is 1. The molecule has 0 saturated heterocycles. The van der Waals surface area contributed by atoms with E-state index in [4.69, 9.17) is 0 Å². The van der Waals surface area contributed by atoms with Crippen molar-refractivity contribution >= 4 is 28.4 Å². The van der Waals surface area contributed by atoms with E-state index in [1.807, 2.05) is 22.6 Å². The third-order valence-corrected chi connectivity index (χ3v) is 2.01. The summed E-state index contributed by atoms with van der Waals surface area (Å²) in [7, 11) is 0. The van der Waals surface area contributed by atoms with Crippen LogP contribution in [-0.2, 0) is 0 Å². The molecule has 64 valence electrons. The topological polar surface area (TPSA) is 37.3 Å². The molecule has 0 radical (unpaired) electrons.